The third kappa shape index (κ3) is 4.30. The summed E-state index contributed by atoms with van der Waals surface area (Å²) in [5.41, 5.74) is 9.00. The van der Waals surface area contributed by atoms with Crippen molar-refractivity contribution in [1.29, 1.82) is 0 Å². The van der Waals surface area contributed by atoms with Crippen molar-refractivity contribution in [1.82, 2.24) is 4.98 Å². The Morgan fingerprint density at radius 3 is 0.923 bits per heavy atom. The zero-order valence-electron chi connectivity index (χ0n) is 21.4. The van der Waals surface area contributed by atoms with Crippen molar-refractivity contribution < 1.29 is 0 Å². The van der Waals surface area contributed by atoms with E-state index in [0.29, 0.717) is 0 Å². The van der Waals surface area contributed by atoms with Gasteiger partial charge in [0.25, 0.3) is 0 Å². The van der Waals surface area contributed by atoms with Crippen LogP contribution in [0.5, 0.6) is 0 Å². The van der Waals surface area contributed by atoms with Gasteiger partial charge in [-0.05, 0) is 84.9 Å². The van der Waals surface area contributed by atoms with Crippen LogP contribution >= 0.6 is 0 Å². The summed E-state index contributed by atoms with van der Waals surface area (Å²) in [6, 6.07) is 55.5. The van der Waals surface area contributed by atoms with Gasteiger partial charge in [0, 0.05) is 55.9 Å². The van der Waals surface area contributed by atoms with E-state index in [1.165, 1.54) is 10.8 Å². The number of hydrogen-bond acceptors (Lipinski definition) is 2. The number of nitrogens with zero attached hydrogens (tertiary/aromatic N) is 2. The van der Waals surface area contributed by atoms with Gasteiger partial charge in [-0.2, -0.15) is 0 Å². The second-order valence-electron chi connectivity index (χ2n) is 9.60. The quantitative estimate of drug-likeness (QED) is 0.245. The van der Waals surface area contributed by atoms with Crippen molar-refractivity contribution in [3.05, 3.63) is 158 Å². The SMILES string of the molecule is c1ccc(N(c2ccccc2)c2ccc3[nH]c4ccc(N(c5ccccc5)c5ccccc5)cc4c3c2)cc1. The number of anilines is 6. The monoisotopic (exact) mass is 501 g/mol. The fraction of sp³-hybridized carbons (Fsp3) is 0. The van der Waals surface area contributed by atoms with Gasteiger partial charge in [-0.15, -0.1) is 0 Å². The van der Waals surface area contributed by atoms with Crippen molar-refractivity contribution in [2.75, 3.05) is 9.80 Å². The van der Waals surface area contributed by atoms with Crippen LogP contribution in [-0.2, 0) is 0 Å². The second kappa shape index (κ2) is 9.88. The lowest BCUT2D eigenvalue weighted by atomic mass is 10.1. The maximum atomic E-state index is 3.63. The van der Waals surface area contributed by atoms with E-state index in [0.717, 1.165) is 45.2 Å². The van der Waals surface area contributed by atoms with E-state index in [4.69, 9.17) is 0 Å². The van der Waals surface area contributed by atoms with Gasteiger partial charge in [0.15, 0.2) is 0 Å². The zero-order valence-corrected chi connectivity index (χ0v) is 21.4. The highest BCUT2D eigenvalue weighted by molar-refractivity contribution is 6.10. The Morgan fingerprint density at radius 2 is 0.615 bits per heavy atom. The highest BCUT2D eigenvalue weighted by Gasteiger charge is 2.16. The minimum Gasteiger partial charge on any atom is -0.355 e. The lowest BCUT2D eigenvalue weighted by Gasteiger charge is -2.26. The molecule has 0 fully saturated rings. The average Bonchev–Trinajstić information content (AvgIpc) is 3.37. The summed E-state index contributed by atoms with van der Waals surface area (Å²) >= 11 is 0. The molecule has 0 aliphatic rings. The van der Waals surface area contributed by atoms with Crippen LogP contribution in [0.25, 0.3) is 21.8 Å². The lowest BCUT2D eigenvalue weighted by molar-refractivity contribution is 1.29. The zero-order chi connectivity index (χ0) is 26.0. The Balaban J connectivity index is 1.40. The Hall–Kier alpha value is -5.28. The molecule has 0 atom stereocenters. The first-order valence-corrected chi connectivity index (χ1v) is 13.2. The molecule has 0 spiro atoms. The third-order valence-corrected chi connectivity index (χ3v) is 7.14. The molecular formula is C36H27N3. The number of para-hydroxylation sites is 4. The number of benzene rings is 6. The minimum atomic E-state index is 1.12. The summed E-state index contributed by atoms with van der Waals surface area (Å²) in [4.78, 5) is 8.25. The first-order valence-electron chi connectivity index (χ1n) is 13.2. The van der Waals surface area contributed by atoms with E-state index < -0.39 is 0 Å². The normalized spacial score (nSPS) is 11.1. The van der Waals surface area contributed by atoms with Crippen LogP contribution in [0.4, 0.5) is 34.1 Å². The van der Waals surface area contributed by atoms with Gasteiger partial charge in [-0.3, -0.25) is 0 Å². The van der Waals surface area contributed by atoms with E-state index >= 15 is 0 Å². The van der Waals surface area contributed by atoms with E-state index in [1.54, 1.807) is 0 Å². The summed E-state index contributed by atoms with van der Waals surface area (Å²) in [5, 5.41) is 2.39. The topological polar surface area (TPSA) is 22.3 Å². The third-order valence-electron chi connectivity index (χ3n) is 7.14. The number of fused-ring (bicyclic) bond motifs is 3. The molecular weight excluding hydrogens is 474 g/mol. The second-order valence-corrected chi connectivity index (χ2v) is 9.60. The van der Waals surface area contributed by atoms with E-state index in [9.17, 15) is 0 Å². The molecule has 3 nitrogen and oxygen atoms in total. The number of rotatable bonds is 6. The molecule has 0 amide bonds. The van der Waals surface area contributed by atoms with Gasteiger partial charge >= 0.3 is 0 Å². The molecule has 0 unspecified atom stereocenters. The Labute approximate surface area is 228 Å². The Kier molecular flexibility index (Phi) is 5.80. The molecule has 39 heavy (non-hydrogen) atoms. The van der Waals surface area contributed by atoms with Crippen LogP contribution in [-0.4, -0.2) is 4.98 Å². The molecule has 186 valence electrons. The molecule has 0 aliphatic heterocycles. The standard InChI is InChI=1S/C36H27N3/c1-5-13-27(14-6-1)38(28-15-7-2-8-16-28)31-21-23-35-33(25-31)34-26-32(22-24-36(34)37-35)39(29-17-9-3-10-18-29)30-19-11-4-12-20-30/h1-26,37H. The fourth-order valence-corrected chi connectivity index (χ4v) is 5.35. The van der Waals surface area contributed by atoms with Crippen LogP contribution < -0.4 is 9.80 Å². The molecule has 0 radical (unpaired) electrons. The van der Waals surface area contributed by atoms with Crippen molar-refractivity contribution in [3.8, 4) is 0 Å². The highest BCUT2D eigenvalue weighted by atomic mass is 15.1. The maximum Gasteiger partial charge on any atom is 0.0469 e. The van der Waals surface area contributed by atoms with Crippen LogP contribution in [0.2, 0.25) is 0 Å². The van der Waals surface area contributed by atoms with Crippen molar-refractivity contribution in [2.24, 2.45) is 0 Å². The average molecular weight is 502 g/mol. The molecule has 6 aromatic carbocycles. The number of aromatic nitrogens is 1. The van der Waals surface area contributed by atoms with Crippen LogP contribution in [0.3, 0.4) is 0 Å². The van der Waals surface area contributed by atoms with Crippen LogP contribution in [0.1, 0.15) is 0 Å². The molecule has 0 bridgehead atoms. The summed E-state index contributed by atoms with van der Waals surface area (Å²) in [6.07, 6.45) is 0. The number of aromatic amines is 1. The highest BCUT2D eigenvalue weighted by Crippen LogP contribution is 2.40. The summed E-state index contributed by atoms with van der Waals surface area (Å²) in [6.45, 7) is 0. The summed E-state index contributed by atoms with van der Waals surface area (Å²) in [5.74, 6) is 0. The van der Waals surface area contributed by atoms with Gasteiger partial charge in [0.1, 0.15) is 0 Å². The number of hydrogen-bond donors (Lipinski definition) is 1. The lowest BCUT2D eigenvalue weighted by Crippen LogP contribution is -2.09. The molecule has 1 N–H and O–H groups in total. The van der Waals surface area contributed by atoms with Gasteiger partial charge in [0.2, 0.25) is 0 Å². The molecule has 3 heteroatoms. The summed E-state index contributed by atoms with van der Waals surface area (Å²) < 4.78 is 0. The molecule has 0 aliphatic carbocycles. The van der Waals surface area contributed by atoms with Crippen LogP contribution in [0.15, 0.2) is 158 Å². The smallest absolute Gasteiger partial charge is 0.0469 e. The predicted molar refractivity (Wildman–Crippen MR) is 165 cm³/mol. The summed E-state index contributed by atoms with van der Waals surface area (Å²) in [7, 11) is 0. The van der Waals surface area contributed by atoms with E-state index in [1.807, 2.05) is 0 Å². The molecule has 0 saturated heterocycles. The van der Waals surface area contributed by atoms with E-state index in [-0.39, 0.29) is 0 Å². The van der Waals surface area contributed by atoms with Crippen molar-refractivity contribution >= 4 is 55.9 Å². The van der Waals surface area contributed by atoms with Gasteiger partial charge in [0.05, 0.1) is 0 Å². The largest absolute Gasteiger partial charge is 0.355 e. The van der Waals surface area contributed by atoms with E-state index in [2.05, 4.69) is 173 Å². The maximum absolute atomic E-state index is 3.63. The molecule has 1 aromatic heterocycles. The van der Waals surface area contributed by atoms with Gasteiger partial charge in [-0.1, -0.05) is 72.8 Å². The first-order chi connectivity index (χ1) is 19.3. The Morgan fingerprint density at radius 1 is 0.308 bits per heavy atom. The number of H-pyrrole nitrogens is 1. The Bertz CT molecular complexity index is 1630. The molecule has 7 aromatic rings. The predicted octanol–water partition coefficient (Wildman–Crippen LogP) is 10.3. The van der Waals surface area contributed by atoms with Crippen LogP contribution in [0, 0.1) is 0 Å². The fourth-order valence-electron chi connectivity index (χ4n) is 5.35. The van der Waals surface area contributed by atoms with Crippen molar-refractivity contribution in [2.45, 2.75) is 0 Å². The molecule has 1 heterocycles. The van der Waals surface area contributed by atoms with Gasteiger partial charge < -0.3 is 14.8 Å². The van der Waals surface area contributed by atoms with Gasteiger partial charge in [-0.25, -0.2) is 0 Å². The minimum absolute atomic E-state index is 1.12. The first kappa shape index (κ1) is 22.9. The van der Waals surface area contributed by atoms with Crippen molar-refractivity contribution in [3.63, 3.8) is 0 Å². The molecule has 7 rings (SSSR count). The number of nitrogens with one attached hydrogen (secondary N) is 1. The molecule has 0 saturated carbocycles.